The lowest BCUT2D eigenvalue weighted by atomic mass is 9.89. The standard InChI is InChI=1S/C19H27N3O.C2H3F3O3S.ClH/c1-19(2,3)18-14(13-21-22-18)12-20-15-7-6-10-17(11-15)23-16-8-4-5-9-16;3-2(4,5)1-9(6,7)8;/h6-7,10-11,13,16,20H,4-5,8-9,12H2,1-3H3,(H,21,22);1H2,(H,6,7,8);1H. The first-order chi connectivity index (χ1) is 14.7. The van der Waals surface area contributed by atoms with Crippen molar-refractivity contribution < 1.29 is 30.9 Å². The molecule has 0 saturated heterocycles. The first-order valence-electron chi connectivity index (χ1n) is 10.3. The van der Waals surface area contributed by atoms with Crippen LogP contribution in [0.2, 0.25) is 0 Å². The maximum Gasteiger partial charge on any atom is 0.405 e. The zero-order valence-corrected chi connectivity index (χ0v) is 20.4. The normalized spacial score (nSPS) is 14.8. The third kappa shape index (κ3) is 11.1. The van der Waals surface area contributed by atoms with E-state index in [1.54, 1.807) is 0 Å². The van der Waals surface area contributed by atoms with E-state index in [9.17, 15) is 21.6 Å². The van der Waals surface area contributed by atoms with Crippen molar-refractivity contribution in [2.24, 2.45) is 0 Å². The average molecular weight is 514 g/mol. The number of alkyl halides is 3. The van der Waals surface area contributed by atoms with Gasteiger partial charge in [0.25, 0.3) is 10.1 Å². The molecule has 1 heterocycles. The number of anilines is 1. The fraction of sp³-hybridized carbons (Fsp3) is 0.571. The quantitative estimate of drug-likeness (QED) is 0.441. The van der Waals surface area contributed by atoms with E-state index in [0.717, 1.165) is 18.0 Å². The van der Waals surface area contributed by atoms with Gasteiger partial charge in [0.2, 0.25) is 0 Å². The van der Waals surface area contributed by atoms with Gasteiger partial charge in [-0.3, -0.25) is 9.65 Å². The number of nitrogens with one attached hydrogen (secondary N) is 2. The lowest BCUT2D eigenvalue weighted by Crippen LogP contribution is -2.21. The number of aromatic amines is 1. The Hall–Kier alpha value is -1.98. The van der Waals surface area contributed by atoms with Crippen LogP contribution in [0.3, 0.4) is 0 Å². The van der Waals surface area contributed by atoms with Gasteiger partial charge in [-0.05, 0) is 37.8 Å². The number of hydrogen-bond acceptors (Lipinski definition) is 5. The van der Waals surface area contributed by atoms with Crippen LogP contribution in [-0.4, -0.2) is 41.2 Å². The van der Waals surface area contributed by atoms with Crippen molar-refractivity contribution in [1.29, 1.82) is 0 Å². The van der Waals surface area contributed by atoms with Crippen LogP contribution in [0.1, 0.15) is 57.7 Å². The van der Waals surface area contributed by atoms with E-state index in [1.807, 2.05) is 18.3 Å². The number of benzene rings is 1. The van der Waals surface area contributed by atoms with Gasteiger partial charge < -0.3 is 10.1 Å². The highest BCUT2D eigenvalue weighted by Crippen LogP contribution is 2.27. The molecule has 1 aliphatic rings. The summed E-state index contributed by atoms with van der Waals surface area (Å²) in [5.74, 6) is -1.22. The van der Waals surface area contributed by atoms with E-state index < -0.39 is 22.0 Å². The Balaban J connectivity index is 0.000000467. The smallest absolute Gasteiger partial charge is 0.405 e. The summed E-state index contributed by atoms with van der Waals surface area (Å²) in [6, 6.07) is 8.27. The predicted molar refractivity (Wildman–Crippen MR) is 124 cm³/mol. The number of rotatable bonds is 6. The lowest BCUT2D eigenvalue weighted by Gasteiger charge is -2.19. The SMILES string of the molecule is CC(C)(C)c1[nH]ncc1CNc1cccc(OC2CCCC2)c1.Cl.O=S(=O)(O)CC(F)(F)F. The molecular weight excluding hydrogens is 483 g/mol. The van der Waals surface area contributed by atoms with Crippen LogP contribution < -0.4 is 10.1 Å². The molecule has 0 atom stereocenters. The molecule has 0 amide bonds. The van der Waals surface area contributed by atoms with E-state index in [0.29, 0.717) is 6.10 Å². The Labute approximate surface area is 198 Å². The fourth-order valence-electron chi connectivity index (χ4n) is 3.38. The monoisotopic (exact) mass is 513 g/mol. The van der Waals surface area contributed by atoms with Crippen LogP contribution >= 0.6 is 12.4 Å². The van der Waals surface area contributed by atoms with Crippen molar-refractivity contribution in [1.82, 2.24) is 10.2 Å². The van der Waals surface area contributed by atoms with Crippen molar-refractivity contribution in [3.05, 3.63) is 41.7 Å². The van der Waals surface area contributed by atoms with Gasteiger partial charge in [0.05, 0.1) is 12.3 Å². The maximum absolute atomic E-state index is 11.0. The zero-order chi connectivity index (χ0) is 24.0. The Kier molecular flexibility index (Phi) is 10.5. The minimum Gasteiger partial charge on any atom is -0.490 e. The van der Waals surface area contributed by atoms with Gasteiger partial charge in [0.15, 0.2) is 5.75 Å². The molecule has 3 rings (SSSR count). The molecule has 33 heavy (non-hydrogen) atoms. The Morgan fingerprint density at radius 3 is 2.36 bits per heavy atom. The summed E-state index contributed by atoms with van der Waals surface area (Å²) in [7, 11) is -4.91. The summed E-state index contributed by atoms with van der Waals surface area (Å²) < 4.78 is 65.7. The number of hydrogen-bond donors (Lipinski definition) is 3. The largest absolute Gasteiger partial charge is 0.490 e. The van der Waals surface area contributed by atoms with Gasteiger partial charge in [-0.1, -0.05) is 26.8 Å². The average Bonchev–Trinajstić information content (AvgIpc) is 3.28. The van der Waals surface area contributed by atoms with Crippen LogP contribution in [0, 0.1) is 0 Å². The molecule has 0 spiro atoms. The highest BCUT2D eigenvalue weighted by molar-refractivity contribution is 7.85. The van der Waals surface area contributed by atoms with E-state index in [-0.39, 0.29) is 17.8 Å². The van der Waals surface area contributed by atoms with Crippen molar-refractivity contribution in [2.75, 3.05) is 11.1 Å². The number of H-pyrrole nitrogens is 1. The molecule has 0 unspecified atom stereocenters. The first-order valence-corrected chi connectivity index (χ1v) is 11.9. The second-order valence-electron chi connectivity index (χ2n) is 8.77. The third-order valence-electron chi connectivity index (χ3n) is 4.74. The lowest BCUT2D eigenvalue weighted by molar-refractivity contribution is -0.107. The molecule has 3 N–H and O–H groups in total. The molecule has 1 aromatic carbocycles. The van der Waals surface area contributed by atoms with Crippen molar-refractivity contribution in [3.8, 4) is 5.75 Å². The minimum absolute atomic E-state index is 0. The van der Waals surface area contributed by atoms with Crippen LogP contribution in [0.25, 0.3) is 0 Å². The maximum atomic E-state index is 11.0. The highest BCUT2D eigenvalue weighted by atomic mass is 35.5. The van der Waals surface area contributed by atoms with Crippen molar-refractivity contribution in [2.45, 2.75) is 70.7 Å². The fourth-order valence-corrected chi connectivity index (χ4v) is 3.79. The second kappa shape index (κ2) is 11.9. The van der Waals surface area contributed by atoms with Gasteiger partial charge in [-0.15, -0.1) is 12.4 Å². The summed E-state index contributed by atoms with van der Waals surface area (Å²) in [4.78, 5) is 0. The number of nitrogens with zero attached hydrogens (tertiary/aromatic N) is 1. The molecule has 7 nitrogen and oxygen atoms in total. The molecule has 12 heteroatoms. The number of aromatic nitrogens is 2. The predicted octanol–water partition coefficient (Wildman–Crippen LogP) is 5.50. The second-order valence-corrected chi connectivity index (χ2v) is 10.2. The summed E-state index contributed by atoms with van der Waals surface area (Å²) in [6.07, 6.45) is 2.40. The highest BCUT2D eigenvalue weighted by Gasteiger charge is 2.33. The first kappa shape index (κ1) is 29.1. The van der Waals surface area contributed by atoms with Crippen LogP contribution in [0.4, 0.5) is 18.9 Å². The molecule has 2 aromatic rings. The summed E-state index contributed by atoms with van der Waals surface area (Å²) in [5, 5.41) is 10.8. The number of halogens is 4. The summed E-state index contributed by atoms with van der Waals surface area (Å²) >= 11 is 0. The van der Waals surface area contributed by atoms with E-state index in [1.165, 1.54) is 36.9 Å². The van der Waals surface area contributed by atoms with Gasteiger partial charge in [-0.2, -0.15) is 26.7 Å². The topological polar surface area (TPSA) is 104 Å². The molecule has 1 saturated carbocycles. The molecule has 0 aliphatic heterocycles. The Morgan fingerprint density at radius 2 is 1.85 bits per heavy atom. The van der Waals surface area contributed by atoms with Crippen molar-refractivity contribution >= 4 is 28.2 Å². The molecule has 1 fully saturated rings. The molecular formula is C21H31ClF3N3O4S. The summed E-state index contributed by atoms with van der Waals surface area (Å²) in [6.45, 7) is 7.34. The zero-order valence-electron chi connectivity index (χ0n) is 18.8. The minimum atomic E-state index is -4.91. The summed E-state index contributed by atoms with van der Waals surface area (Å²) in [5.41, 5.74) is 3.55. The molecule has 0 bridgehead atoms. The van der Waals surface area contributed by atoms with Gasteiger partial charge >= 0.3 is 6.18 Å². The molecule has 188 valence electrons. The molecule has 1 aliphatic carbocycles. The molecule has 0 radical (unpaired) electrons. The number of ether oxygens (including phenoxy) is 1. The third-order valence-corrected chi connectivity index (χ3v) is 5.43. The molecule has 1 aromatic heterocycles. The van der Waals surface area contributed by atoms with E-state index in [2.05, 4.69) is 48.4 Å². The van der Waals surface area contributed by atoms with Gasteiger partial charge in [-0.25, -0.2) is 0 Å². The van der Waals surface area contributed by atoms with Gasteiger partial charge in [0.1, 0.15) is 5.75 Å². The van der Waals surface area contributed by atoms with Crippen LogP contribution in [0.5, 0.6) is 5.75 Å². The van der Waals surface area contributed by atoms with Crippen LogP contribution in [-0.2, 0) is 22.1 Å². The van der Waals surface area contributed by atoms with Crippen LogP contribution in [0.15, 0.2) is 30.5 Å². The van der Waals surface area contributed by atoms with E-state index in [4.69, 9.17) is 9.29 Å². The van der Waals surface area contributed by atoms with Gasteiger partial charge in [0, 0.05) is 35.0 Å². The Morgan fingerprint density at radius 1 is 1.21 bits per heavy atom. The van der Waals surface area contributed by atoms with E-state index >= 15 is 0 Å². The Bertz CT molecular complexity index is 970. The van der Waals surface area contributed by atoms with Crippen molar-refractivity contribution in [3.63, 3.8) is 0 Å².